The van der Waals surface area contributed by atoms with Crippen LogP contribution in [0.25, 0.3) is 0 Å². The van der Waals surface area contributed by atoms with E-state index in [4.69, 9.17) is 16.3 Å². The van der Waals surface area contributed by atoms with Gasteiger partial charge in [0, 0.05) is 10.7 Å². The molecule has 2 heterocycles. The molecule has 8 heteroatoms. The van der Waals surface area contributed by atoms with Gasteiger partial charge >= 0.3 is 5.97 Å². The number of allylic oxidation sites excluding steroid dienone is 1. The molecule has 1 N–H and O–H groups in total. The molecule has 1 aliphatic heterocycles. The van der Waals surface area contributed by atoms with Gasteiger partial charge < -0.3 is 10.1 Å². The smallest absolute Gasteiger partial charge is 0.338 e. The monoisotopic (exact) mass is 406 g/mol. The van der Waals surface area contributed by atoms with Crippen molar-refractivity contribution in [2.24, 2.45) is 0 Å². The maximum atomic E-state index is 12.9. The molecule has 2 aromatic rings. The van der Waals surface area contributed by atoms with E-state index in [0.717, 1.165) is 29.9 Å². The van der Waals surface area contributed by atoms with Gasteiger partial charge in [0.15, 0.2) is 0 Å². The summed E-state index contributed by atoms with van der Waals surface area (Å²) in [5.74, 6) is 1.15. The topological polar surface area (TPSA) is 69.0 Å². The number of hydrogen-bond donors (Lipinski definition) is 1. The van der Waals surface area contributed by atoms with E-state index in [1.54, 1.807) is 16.4 Å². The number of unbranched alkanes of at least 4 members (excludes halogenated alkanes) is 1. The van der Waals surface area contributed by atoms with Crippen molar-refractivity contribution >= 4 is 35.3 Å². The Hall–Kier alpha value is -1.99. The number of nitrogens with zero attached hydrogens (tertiary/aromatic N) is 3. The van der Waals surface area contributed by atoms with Crippen molar-refractivity contribution in [1.29, 1.82) is 0 Å². The predicted molar refractivity (Wildman–Crippen MR) is 108 cm³/mol. The Morgan fingerprint density at radius 2 is 2.07 bits per heavy atom. The second-order valence-corrected chi connectivity index (χ2v) is 7.87. The van der Waals surface area contributed by atoms with Crippen LogP contribution in [0, 0.1) is 0 Å². The number of rotatable bonds is 7. The number of benzene rings is 1. The second-order valence-electron chi connectivity index (χ2n) is 6.20. The van der Waals surface area contributed by atoms with E-state index in [1.807, 2.05) is 31.2 Å². The minimum atomic E-state index is -0.411. The lowest BCUT2D eigenvalue weighted by molar-refractivity contribution is -0.139. The number of aromatic nitrogens is 3. The molecule has 27 heavy (non-hydrogen) atoms. The van der Waals surface area contributed by atoms with E-state index in [1.165, 1.54) is 0 Å². The Morgan fingerprint density at radius 3 is 2.74 bits per heavy atom. The molecule has 0 saturated carbocycles. The first kappa shape index (κ1) is 19.8. The molecule has 0 saturated heterocycles. The van der Waals surface area contributed by atoms with Crippen LogP contribution >= 0.6 is 23.4 Å². The molecule has 1 aromatic heterocycles. The van der Waals surface area contributed by atoms with Gasteiger partial charge in [-0.3, -0.25) is 0 Å². The summed E-state index contributed by atoms with van der Waals surface area (Å²) in [5.41, 5.74) is 2.17. The summed E-state index contributed by atoms with van der Waals surface area (Å²) in [6.45, 7) is 6.38. The molecule has 3 rings (SSSR count). The molecule has 1 aromatic carbocycles. The van der Waals surface area contributed by atoms with Gasteiger partial charge in [0.2, 0.25) is 11.1 Å². The summed E-state index contributed by atoms with van der Waals surface area (Å²) in [6, 6.07) is 7.02. The van der Waals surface area contributed by atoms with E-state index >= 15 is 0 Å². The number of fused-ring (bicyclic) bond motifs is 1. The highest BCUT2D eigenvalue weighted by atomic mass is 35.5. The van der Waals surface area contributed by atoms with Crippen molar-refractivity contribution in [3.8, 4) is 0 Å². The van der Waals surface area contributed by atoms with Gasteiger partial charge in [0.1, 0.15) is 6.04 Å². The lowest BCUT2D eigenvalue weighted by atomic mass is 9.96. The lowest BCUT2D eigenvalue weighted by Crippen LogP contribution is -2.29. The first-order valence-corrected chi connectivity index (χ1v) is 10.4. The average molecular weight is 407 g/mol. The maximum absolute atomic E-state index is 12.9. The number of anilines is 1. The van der Waals surface area contributed by atoms with Crippen molar-refractivity contribution in [1.82, 2.24) is 14.8 Å². The largest absolute Gasteiger partial charge is 0.462 e. The van der Waals surface area contributed by atoms with E-state index < -0.39 is 6.04 Å². The van der Waals surface area contributed by atoms with Crippen molar-refractivity contribution in [2.75, 3.05) is 17.7 Å². The zero-order valence-corrected chi connectivity index (χ0v) is 17.2. The summed E-state index contributed by atoms with van der Waals surface area (Å²) in [5, 5.41) is 9.13. The Balaban J connectivity index is 2.03. The molecule has 1 unspecified atom stereocenters. The van der Waals surface area contributed by atoms with Crippen molar-refractivity contribution in [3.05, 3.63) is 46.1 Å². The fourth-order valence-corrected chi connectivity index (χ4v) is 3.61. The minimum Gasteiger partial charge on any atom is -0.462 e. The van der Waals surface area contributed by atoms with Crippen LogP contribution in [0.2, 0.25) is 5.02 Å². The van der Waals surface area contributed by atoms with Gasteiger partial charge in [-0.25, -0.2) is 9.48 Å². The molecular formula is C19H23ClN4O2S. The van der Waals surface area contributed by atoms with Crippen molar-refractivity contribution < 1.29 is 9.53 Å². The fourth-order valence-electron chi connectivity index (χ4n) is 2.93. The Labute approximate surface area is 168 Å². The highest BCUT2D eigenvalue weighted by Crippen LogP contribution is 2.37. The maximum Gasteiger partial charge on any atom is 0.338 e. The number of carbonyl (C=O) groups is 1. The highest BCUT2D eigenvalue weighted by molar-refractivity contribution is 7.99. The van der Waals surface area contributed by atoms with Crippen LogP contribution in [-0.2, 0) is 9.53 Å². The Kier molecular flexibility index (Phi) is 6.44. The van der Waals surface area contributed by atoms with Crippen LogP contribution < -0.4 is 5.32 Å². The predicted octanol–water partition coefficient (Wildman–Crippen LogP) is 4.68. The number of thioether (sulfide) groups is 1. The molecule has 1 aliphatic rings. The standard InChI is InChI=1S/C19H23ClN4O2S/c1-4-6-11-26-17(25)15-12(3)21-18-22-19(27-5-2)23-24(18)16(15)13-7-9-14(20)10-8-13/h7-10,16H,4-6,11H2,1-3H3,(H,21,22,23). The van der Waals surface area contributed by atoms with Crippen LogP contribution in [-0.4, -0.2) is 33.1 Å². The third-order valence-corrected chi connectivity index (χ3v) is 5.22. The number of hydrogen-bond acceptors (Lipinski definition) is 6. The first-order valence-electron chi connectivity index (χ1n) is 9.04. The quantitative estimate of drug-likeness (QED) is 0.409. The number of ether oxygens (including phenoxy) is 1. The summed E-state index contributed by atoms with van der Waals surface area (Å²) in [6.07, 6.45) is 1.80. The molecule has 1 atom stereocenters. The second kappa shape index (κ2) is 8.80. The molecule has 0 fully saturated rings. The van der Waals surface area contributed by atoms with E-state index in [2.05, 4.69) is 29.2 Å². The molecule has 6 nitrogen and oxygen atoms in total. The highest BCUT2D eigenvalue weighted by Gasteiger charge is 2.35. The molecular weight excluding hydrogens is 384 g/mol. The summed E-state index contributed by atoms with van der Waals surface area (Å²) in [7, 11) is 0. The van der Waals surface area contributed by atoms with Gasteiger partial charge in [-0.05, 0) is 36.8 Å². The van der Waals surface area contributed by atoms with Gasteiger partial charge in [-0.15, -0.1) is 5.10 Å². The molecule has 0 spiro atoms. The Bertz CT molecular complexity index is 848. The fraction of sp³-hybridized carbons (Fsp3) is 0.421. The summed E-state index contributed by atoms with van der Waals surface area (Å²) < 4.78 is 7.26. The number of carbonyl (C=O) groups excluding carboxylic acids is 1. The lowest BCUT2D eigenvalue weighted by Gasteiger charge is -2.28. The zero-order chi connectivity index (χ0) is 19.4. The van der Waals surface area contributed by atoms with Crippen molar-refractivity contribution in [2.45, 2.75) is 44.8 Å². The van der Waals surface area contributed by atoms with Gasteiger partial charge in [0.05, 0.1) is 12.2 Å². The van der Waals surface area contributed by atoms with Crippen LogP contribution in [0.3, 0.4) is 0 Å². The van der Waals surface area contributed by atoms with E-state index in [0.29, 0.717) is 28.3 Å². The van der Waals surface area contributed by atoms with Crippen molar-refractivity contribution in [3.63, 3.8) is 0 Å². The molecule has 144 valence electrons. The molecule has 0 aliphatic carbocycles. The molecule has 0 amide bonds. The molecule has 0 radical (unpaired) electrons. The zero-order valence-electron chi connectivity index (χ0n) is 15.7. The van der Waals surface area contributed by atoms with Gasteiger partial charge in [0.25, 0.3) is 0 Å². The van der Waals surface area contributed by atoms with E-state index in [9.17, 15) is 4.79 Å². The average Bonchev–Trinajstić information content (AvgIpc) is 3.03. The summed E-state index contributed by atoms with van der Waals surface area (Å²) >= 11 is 7.61. The van der Waals surface area contributed by atoms with Crippen LogP contribution in [0.15, 0.2) is 40.7 Å². The minimum absolute atomic E-state index is 0.334. The number of halogens is 1. The van der Waals surface area contributed by atoms with Crippen LogP contribution in [0.5, 0.6) is 0 Å². The third kappa shape index (κ3) is 4.30. The van der Waals surface area contributed by atoms with Gasteiger partial charge in [-0.1, -0.05) is 55.8 Å². The Morgan fingerprint density at radius 1 is 1.33 bits per heavy atom. The molecule has 0 bridgehead atoms. The SMILES string of the molecule is CCCCOC(=O)C1=C(C)Nc2nc(SCC)nn2C1c1ccc(Cl)cc1. The van der Waals surface area contributed by atoms with E-state index in [-0.39, 0.29) is 5.97 Å². The number of esters is 1. The van der Waals surface area contributed by atoms with Crippen LogP contribution in [0.4, 0.5) is 5.95 Å². The first-order chi connectivity index (χ1) is 13.0. The normalized spacial score (nSPS) is 16.1. The van der Waals surface area contributed by atoms with Crippen LogP contribution in [0.1, 0.15) is 45.2 Å². The van der Waals surface area contributed by atoms with Gasteiger partial charge in [-0.2, -0.15) is 4.98 Å². The number of nitrogens with one attached hydrogen (secondary N) is 1. The third-order valence-electron chi connectivity index (χ3n) is 4.24. The summed E-state index contributed by atoms with van der Waals surface area (Å²) in [4.78, 5) is 17.4.